The largest absolute Gasteiger partial charge is 0.329 e. The van der Waals surface area contributed by atoms with Crippen LogP contribution in [0.3, 0.4) is 0 Å². The Kier molecular flexibility index (Phi) is 25.6. The molecule has 0 radical (unpaired) electrons. The van der Waals surface area contributed by atoms with Gasteiger partial charge in [0.2, 0.25) is 0 Å². The summed E-state index contributed by atoms with van der Waals surface area (Å²) in [6, 6.07) is 0. The van der Waals surface area contributed by atoms with Gasteiger partial charge in [0.15, 0.2) is 12.6 Å². The van der Waals surface area contributed by atoms with Crippen LogP contribution in [0.1, 0.15) is 51.9 Å². The van der Waals surface area contributed by atoms with Crippen molar-refractivity contribution in [3.8, 4) is 0 Å². The van der Waals surface area contributed by atoms with Crippen LogP contribution in [0.25, 0.3) is 0 Å². The van der Waals surface area contributed by atoms with Crippen LogP contribution in [0, 0.1) is 0 Å². The second kappa shape index (κ2) is 30.5. The zero-order valence-electron chi connectivity index (χ0n) is 38.6. The first-order chi connectivity index (χ1) is 30.6. The lowest BCUT2D eigenvalue weighted by atomic mass is 10.0. The van der Waals surface area contributed by atoms with E-state index in [9.17, 15) is 0 Å². The molecule has 10 heterocycles. The van der Waals surface area contributed by atoms with Gasteiger partial charge in [-0.3, -0.25) is 70.1 Å². The molecule has 10 rings (SSSR count). The fourth-order valence-corrected chi connectivity index (χ4v) is 11.5. The predicted molar refractivity (Wildman–Crippen MR) is 255 cm³/mol. The minimum atomic E-state index is 0.194. The van der Waals surface area contributed by atoms with Gasteiger partial charge in [0.1, 0.15) is 0 Å². The number of aldehydes is 2. The van der Waals surface area contributed by atoms with Crippen molar-refractivity contribution in [2.24, 2.45) is 11.5 Å². The Labute approximate surface area is 383 Å². The number of nitrogens with zero attached hydrogens (tertiary/aromatic N) is 8. The van der Waals surface area contributed by atoms with E-state index in [4.69, 9.17) is 21.1 Å². The average Bonchev–Trinajstić information content (AvgIpc) is 3.32. The van der Waals surface area contributed by atoms with E-state index in [2.05, 4.69) is 94.0 Å². The van der Waals surface area contributed by atoms with E-state index in [-0.39, 0.29) is 12.6 Å². The van der Waals surface area contributed by atoms with Gasteiger partial charge in [-0.15, -0.1) is 0 Å². The number of carbonyl (C=O) groups is 2. The van der Waals surface area contributed by atoms with Gasteiger partial charge in [-0.2, -0.15) is 0 Å². The number of hydrogen-bond acceptors (Lipinski definition) is 18. The lowest BCUT2D eigenvalue weighted by Gasteiger charge is -2.61. The van der Waals surface area contributed by atoms with Crippen LogP contribution < -0.4 is 43.4 Å². The fourth-order valence-electron chi connectivity index (χ4n) is 10.9. The molecule has 10 aliphatic rings. The summed E-state index contributed by atoms with van der Waals surface area (Å²) in [5.41, 5.74) is 10.6. The molecule has 18 nitrogen and oxygen atoms in total. The van der Waals surface area contributed by atoms with Crippen molar-refractivity contribution >= 4 is 28.5 Å². The fraction of sp³-hybridized carbons (Fsp3) is 0.953. The first-order valence-electron chi connectivity index (χ1n) is 24.7. The van der Waals surface area contributed by atoms with E-state index < -0.39 is 0 Å². The smallest absolute Gasteiger partial charge is 0.182 e. The summed E-state index contributed by atoms with van der Waals surface area (Å²) in [4.78, 5) is 39.1. The SMILES string of the molecule is C1CN2CCN3CCCN4CCN(C1)C2C34.C1CN2CCNC3NCCN(C1)C32.C1CN2CCNC3NCCN(C1)C32.CCCCBr.NCCNCCCNCCN.O=CC=O. The monoisotopic (exact) mass is 941 g/mol. The quantitative estimate of drug-likeness (QED) is 0.0468. The van der Waals surface area contributed by atoms with Crippen molar-refractivity contribution in [2.45, 2.75) is 88.9 Å². The number of piperazine rings is 6. The number of carbonyl (C=O) groups excluding carboxylic acids is 2. The Hall–Kier alpha value is -0.820. The highest BCUT2D eigenvalue weighted by atomic mass is 79.9. The molecule has 19 heteroatoms. The van der Waals surface area contributed by atoms with Crippen molar-refractivity contribution < 1.29 is 9.59 Å². The highest BCUT2D eigenvalue weighted by Crippen LogP contribution is 2.32. The molecule has 10 fully saturated rings. The van der Waals surface area contributed by atoms with E-state index >= 15 is 0 Å². The highest BCUT2D eigenvalue weighted by molar-refractivity contribution is 9.09. The summed E-state index contributed by atoms with van der Waals surface area (Å²) in [7, 11) is 0. The van der Waals surface area contributed by atoms with Crippen molar-refractivity contribution in [1.82, 2.24) is 71.1 Å². The van der Waals surface area contributed by atoms with Crippen molar-refractivity contribution in [1.29, 1.82) is 0 Å². The van der Waals surface area contributed by atoms with Crippen LogP contribution in [-0.4, -0.2) is 264 Å². The summed E-state index contributed by atoms with van der Waals surface area (Å²) < 4.78 is 0. The number of halogens is 1. The van der Waals surface area contributed by atoms with Gasteiger partial charge in [-0.05, 0) is 51.6 Å². The zero-order chi connectivity index (χ0) is 43.8. The molecule has 0 unspecified atom stereocenters. The van der Waals surface area contributed by atoms with Gasteiger partial charge in [-0.1, -0.05) is 29.3 Å². The molecule has 0 aromatic carbocycles. The normalized spacial score (nSPS) is 31.1. The molecule has 0 aromatic rings. The Morgan fingerprint density at radius 3 is 1.02 bits per heavy atom. The van der Waals surface area contributed by atoms with Crippen LogP contribution >= 0.6 is 15.9 Å². The number of nitrogens with one attached hydrogen (secondary N) is 6. The van der Waals surface area contributed by atoms with E-state index in [1.165, 1.54) is 143 Å². The maximum Gasteiger partial charge on any atom is 0.182 e. The van der Waals surface area contributed by atoms with Gasteiger partial charge in [0.05, 0.1) is 37.0 Å². The van der Waals surface area contributed by atoms with Crippen molar-refractivity contribution in [3.63, 3.8) is 0 Å². The van der Waals surface area contributed by atoms with Crippen LogP contribution in [0.4, 0.5) is 0 Å². The molecule has 0 amide bonds. The van der Waals surface area contributed by atoms with Gasteiger partial charge >= 0.3 is 0 Å². The zero-order valence-corrected chi connectivity index (χ0v) is 40.2. The number of rotatable bonds is 11. The van der Waals surface area contributed by atoms with Gasteiger partial charge in [-0.25, -0.2) is 0 Å². The van der Waals surface area contributed by atoms with Crippen LogP contribution in [0.5, 0.6) is 0 Å². The lowest BCUT2D eigenvalue weighted by Crippen LogP contribution is -2.77. The Balaban J connectivity index is 0.000000148. The minimum Gasteiger partial charge on any atom is -0.329 e. The standard InChI is InChI=1S/C12H22N4.2C9H18N4.C7H20N4.C4H9Br.C2H2O2/c1-3-13-7-9-15-5-2-6-16-10-8-14(4-1)11(13)12(15)16;2*1-4-12-6-2-10-8-9(12)13(5-1)7-3-11-8;8-2-6-10-4-1-5-11-7-3-9;1-2-3-4-5;3-1-2-4/h11-12H,1-10H2;2*8-11H,1-7H2;10-11H,1-9H2;2-4H2,1H3;1-2H. The van der Waals surface area contributed by atoms with Crippen molar-refractivity contribution in [2.75, 3.05) is 175 Å². The molecule has 0 saturated carbocycles. The van der Waals surface area contributed by atoms with E-state index in [0.717, 1.165) is 89.5 Å². The van der Waals surface area contributed by atoms with Gasteiger partial charge in [0, 0.05) is 162 Å². The van der Waals surface area contributed by atoms with E-state index in [1.807, 2.05) is 0 Å². The predicted octanol–water partition coefficient (Wildman–Crippen LogP) is -2.57. The molecule has 0 aliphatic carbocycles. The third-order valence-corrected chi connectivity index (χ3v) is 14.3. The van der Waals surface area contributed by atoms with E-state index in [1.54, 1.807) is 0 Å². The second-order valence-electron chi connectivity index (χ2n) is 17.9. The molecule has 10 N–H and O–H groups in total. The first-order valence-corrected chi connectivity index (χ1v) is 25.8. The van der Waals surface area contributed by atoms with Crippen LogP contribution in [0.15, 0.2) is 0 Å². The molecule has 0 spiro atoms. The number of hydrogen-bond donors (Lipinski definition) is 8. The van der Waals surface area contributed by atoms with E-state index in [0.29, 0.717) is 24.7 Å². The maximum absolute atomic E-state index is 8.81. The third kappa shape index (κ3) is 15.9. The highest BCUT2D eigenvalue weighted by Gasteiger charge is 2.48. The van der Waals surface area contributed by atoms with Crippen molar-refractivity contribution in [3.05, 3.63) is 0 Å². The van der Waals surface area contributed by atoms with Gasteiger partial charge < -0.3 is 22.1 Å². The topological polar surface area (TPSA) is 184 Å². The molecule has 0 bridgehead atoms. The average molecular weight is 942 g/mol. The van der Waals surface area contributed by atoms with Crippen LogP contribution in [-0.2, 0) is 9.59 Å². The maximum atomic E-state index is 8.81. The number of unbranched alkanes of at least 4 members (excludes halogenated alkanes) is 1. The number of alkyl halides is 1. The Morgan fingerprint density at radius 2 is 0.774 bits per heavy atom. The molecule has 360 valence electrons. The molecular formula is C43H89BrN16O2. The Bertz CT molecular complexity index is 1000. The molecule has 10 saturated heterocycles. The second-order valence-corrected chi connectivity index (χ2v) is 18.7. The minimum absolute atomic E-state index is 0.194. The van der Waals surface area contributed by atoms with Crippen LogP contribution in [0.2, 0.25) is 0 Å². The molecule has 0 aromatic heterocycles. The van der Waals surface area contributed by atoms with Gasteiger partial charge in [0.25, 0.3) is 0 Å². The summed E-state index contributed by atoms with van der Waals surface area (Å²) >= 11 is 3.31. The Morgan fingerprint density at radius 1 is 0.468 bits per heavy atom. The summed E-state index contributed by atoms with van der Waals surface area (Å²) in [6.45, 7) is 32.7. The number of nitrogens with two attached hydrogens (primary N) is 2. The summed E-state index contributed by atoms with van der Waals surface area (Å²) in [6.07, 6.45) is 13.3. The molecule has 62 heavy (non-hydrogen) atoms. The molecule has 10 aliphatic heterocycles. The first kappa shape index (κ1) is 52.2. The summed E-state index contributed by atoms with van der Waals surface area (Å²) in [5, 5.41) is 21.8. The summed E-state index contributed by atoms with van der Waals surface area (Å²) in [5.74, 6) is 0. The molecular weight excluding hydrogens is 852 g/mol. The third-order valence-electron chi connectivity index (χ3n) is 13.7. The molecule has 0 atom stereocenters. The lowest BCUT2D eigenvalue weighted by molar-refractivity contribution is -0.179.